The second-order valence-corrected chi connectivity index (χ2v) is 7.56. The van der Waals surface area contributed by atoms with Crippen LogP contribution in [0.15, 0.2) is 42.5 Å². The standard InChI is InChI=1S/C22H24N2O5/c1-26-9-8-24-17-4-2-3-5-19(17)29-16-11-18(22(24)25)23(13-16)12-15-6-7-20-21(10-15)28-14-27-20/h2-7,10,16,18H,8-9,11-14H2,1H3/t16-,18-/m0/s1. The lowest BCUT2D eigenvalue weighted by atomic mass is 10.1. The fraction of sp³-hybridized carbons (Fsp3) is 0.409. The molecule has 0 unspecified atom stereocenters. The number of amides is 1. The number of hydrogen-bond acceptors (Lipinski definition) is 6. The highest BCUT2D eigenvalue weighted by molar-refractivity contribution is 5.99. The molecule has 3 heterocycles. The van der Waals surface area contributed by atoms with E-state index in [0.717, 1.165) is 28.5 Å². The lowest BCUT2D eigenvalue weighted by Gasteiger charge is -2.31. The molecule has 1 saturated heterocycles. The van der Waals surface area contributed by atoms with Crippen LogP contribution in [0.3, 0.4) is 0 Å². The second kappa shape index (κ2) is 7.57. The normalized spacial score (nSPS) is 22.8. The minimum Gasteiger partial charge on any atom is -0.487 e. The molecule has 0 aliphatic carbocycles. The predicted molar refractivity (Wildman–Crippen MR) is 106 cm³/mol. The Hall–Kier alpha value is -2.77. The van der Waals surface area contributed by atoms with Crippen molar-refractivity contribution in [1.82, 2.24) is 4.90 Å². The molecule has 2 atom stereocenters. The first-order valence-electron chi connectivity index (χ1n) is 9.91. The Morgan fingerprint density at radius 2 is 1.97 bits per heavy atom. The van der Waals surface area contributed by atoms with Gasteiger partial charge in [0.2, 0.25) is 12.7 Å². The Labute approximate surface area is 169 Å². The molecule has 7 heteroatoms. The van der Waals surface area contributed by atoms with Gasteiger partial charge in [-0.05, 0) is 29.8 Å². The van der Waals surface area contributed by atoms with Crippen molar-refractivity contribution in [3.8, 4) is 17.2 Å². The first kappa shape index (κ1) is 18.3. The monoisotopic (exact) mass is 396 g/mol. The van der Waals surface area contributed by atoms with Crippen molar-refractivity contribution in [2.75, 3.05) is 38.5 Å². The zero-order chi connectivity index (χ0) is 19.8. The number of ether oxygens (including phenoxy) is 4. The Kier molecular flexibility index (Phi) is 4.77. The molecular weight excluding hydrogens is 372 g/mol. The SMILES string of the molecule is COCCN1C(=O)[C@@H]2C[C@@H](CN2Cc2ccc3c(c2)OCO3)Oc2ccccc21. The lowest BCUT2D eigenvalue weighted by molar-refractivity contribution is -0.123. The van der Waals surface area contributed by atoms with Gasteiger partial charge in [0, 0.05) is 33.2 Å². The summed E-state index contributed by atoms with van der Waals surface area (Å²) in [7, 11) is 1.65. The van der Waals surface area contributed by atoms with E-state index in [9.17, 15) is 4.79 Å². The molecule has 0 saturated carbocycles. The van der Waals surface area contributed by atoms with Gasteiger partial charge in [0.15, 0.2) is 11.5 Å². The third kappa shape index (κ3) is 3.41. The lowest BCUT2D eigenvalue weighted by Crippen LogP contribution is -2.47. The molecule has 2 bridgehead atoms. The van der Waals surface area contributed by atoms with E-state index in [2.05, 4.69) is 4.90 Å². The van der Waals surface area contributed by atoms with Crippen LogP contribution in [0.4, 0.5) is 5.69 Å². The number of anilines is 1. The van der Waals surface area contributed by atoms with Gasteiger partial charge < -0.3 is 23.8 Å². The Morgan fingerprint density at radius 3 is 2.86 bits per heavy atom. The quantitative estimate of drug-likeness (QED) is 0.774. The maximum atomic E-state index is 13.5. The summed E-state index contributed by atoms with van der Waals surface area (Å²) < 4.78 is 22.5. The molecule has 0 radical (unpaired) electrons. The molecule has 2 aromatic rings. The summed E-state index contributed by atoms with van der Waals surface area (Å²) in [4.78, 5) is 17.5. The largest absolute Gasteiger partial charge is 0.487 e. The number of methoxy groups -OCH3 is 1. The molecule has 5 rings (SSSR count). The van der Waals surface area contributed by atoms with Crippen molar-refractivity contribution in [2.45, 2.75) is 25.1 Å². The van der Waals surface area contributed by atoms with Gasteiger partial charge in [-0.1, -0.05) is 18.2 Å². The van der Waals surface area contributed by atoms with Crippen molar-refractivity contribution in [1.29, 1.82) is 0 Å². The van der Waals surface area contributed by atoms with Crippen LogP contribution in [0.1, 0.15) is 12.0 Å². The van der Waals surface area contributed by atoms with Gasteiger partial charge in [0.1, 0.15) is 11.9 Å². The summed E-state index contributed by atoms with van der Waals surface area (Å²) in [6, 6.07) is 13.5. The Morgan fingerprint density at radius 1 is 1.10 bits per heavy atom. The molecule has 29 heavy (non-hydrogen) atoms. The highest BCUT2D eigenvalue weighted by Crippen LogP contribution is 2.37. The Balaban J connectivity index is 1.42. The van der Waals surface area contributed by atoms with E-state index in [4.69, 9.17) is 18.9 Å². The number of hydrogen-bond donors (Lipinski definition) is 0. The van der Waals surface area contributed by atoms with Crippen LogP contribution in [0, 0.1) is 0 Å². The highest BCUT2D eigenvalue weighted by atomic mass is 16.7. The number of carbonyl (C=O) groups is 1. The van der Waals surface area contributed by atoms with Crippen molar-refractivity contribution in [3.05, 3.63) is 48.0 Å². The molecule has 3 aliphatic heterocycles. The molecular formula is C22H24N2O5. The van der Waals surface area contributed by atoms with Crippen molar-refractivity contribution in [3.63, 3.8) is 0 Å². The number of likely N-dealkylation sites (tertiary alicyclic amines) is 1. The number of benzene rings is 2. The van der Waals surface area contributed by atoms with Crippen molar-refractivity contribution in [2.24, 2.45) is 0 Å². The van der Waals surface area contributed by atoms with Gasteiger partial charge in [0.25, 0.3) is 0 Å². The van der Waals surface area contributed by atoms with Gasteiger partial charge in [-0.3, -0.25) is 9.69 Å². The summed E-state index contributed by atoms with van der Waals surface area (Å²) in [6.45, 7) is 2.58. The van der Waals surface area contributed by atoms with Crippen LogP contribution in [0.5, 0.6) is 17.2 Å². The topological polar surface area (TPSA) is 60.5 Å². The zero-order valence-corrected chi connectivity index (χ0v) is 16.4. The minimum atomic E-state index is -0.226. The van der Waals surface area contributed by atoms with Crippen molar-refractivity contribution >= 4 is 11.6 Å². The molecule has 1 amide bonds. The van der Waals surface area contributed by atoms with E-state index < -0.39 is 0 Å². The summed E-state index contributed by atoms with van der Waals surface area (Å²) in [5.41, 5.74) is 1.90. The van der Waals surface area contributed by atoms with E-state index in [1.54, 1.807) is 12.0 Å². The number of fused-ring (bicyclic) bond motifs is 4. The molecule has 0 aromatic heterocycles. The minimum absolute atomic E-state index is 0.0105. The first-order chi connectivity index (χ1) is 14.2. The van der Waals surface area contributed by atoms with Gasteiger partial charge in [0.05, 0.1) is 18.3 Å². The smallest absolute Gasteiger partial charge is 0.244 e. The molecule has 152 valence electrons. The summed E-state index contributed by atoms with van der Waals surface area (Å²) in [5, 5.41) is 0. The van der Waals surface area contributed by atoms with Crippen LogP contribution >= 0.6 is 0 Å². The van der Waals surface area contributed by atoms with E-state index in [0.29, 0.717) is 32.7 Å². The first-order valence-corrected chi connectivity index (χ1v) is 9.91. The maximum Gasteiger partial charge on any atom is 0.244 e. The van der Waals surface area contributed by atoms with Gasteiger partial charge >= 0.3 is 0 Å². The van der Waals surface area contributed by atoms with Gasteiger partial charge in [-0.2, -0.15) is 0 Å². The number of rotatable bonds is 5. The zero-order valence-electron chi connectivity index (χ0n) is 16.4. The predicted octanol–water partition coefficient (Wildman–Crippen LogP) is 2.43. The van der Waals surface area contributed by atoms with Crippen LogP contribution in [0.25, 0.3) is 0 Å². The van der Waals surface area contributed by atoms with Gasteiger partial charge in [-0.15, -0.1) is 0 Å². The van der Waals surface area contributed by atoms with Gasteiger partial charge in [-0.25, -0.2) is 0 Å². The summed E-state index contributed by atoms with van der Waals surface area (Å²) in [6.07, 6.45) is 0.671. The fourth-order valence-electron chi connectivity index (χ4n) is 4.32. The fourth-order valence-corrected chi connectivity index (χ4v) is 4.32. The van der Waals surface area contributed by atoms with E-state index in [1.807, 2.05) is 42.5 Å². The number of nitrogens with zero attached hydrogens (tertiary/aromatic N) is 2. The van der Waals surface area contributed by atoms with Crippen LogP contribution in [0.2, 0.25) is 0 Å². The third-order valence-electron chi connectivity index (χ3n) is 5.71. The average Bonchev–Trinajstić information content (AvgIpc) is 3.35. The van der Waals surface area contributed by atoms with E-state index in [-0.39, 0.29) is 24.8 Å². The number of carbonyl (C=O) groups excluding carboxylic acids is 1. The molecule has 3 aliphatic rings. The maximum absolute atomic E-state index is 13.5. The number of para-hydroxylation sites is 2. The van der Waals surface area contributed by atoms with Crippen LogP contribution in [-0.2, 0) is 16.1 Å². The van der Waals surface area contributed by atoms with E-state index >= 15 is 0 Å². The Bertz CT molecular complexity index is 918. The summed E-state index contributed by atoms with van der Waals surface area (Å²) >= 11 is 0. The van der Waals surface area contributed by atoms with Crippen LogP contribution in [-0.4, -0.2) is 56.6 Å². The molecule has 0 N–H and O–H groups in total. The molecule has 7 nitrogen and oxygen atoms in total. The third-order valence-corrected chi connectivity index (χ3v) is 5.71. The highest BCUT2D eigenvalue weighted by Gasteiger charge is 2.42. The average molecular weight is 396 g/mol. The van der Waals surface area contributed by atoms with Crippen LogP contribution < -0.4 is 19.1 Å². The van der Waals surface area contributed by atoms with Crippen molar-refractivity contribution < 1.29 is 23.7 Å². The molecule has 2 aromatic carbocycles. The molecule has 1 fully saturated rings. The second-order valence-electron chi connectivity index (χ2n) is 7.56. The molecule has 0 spiro atoms. The van der Waals surface area contributed by atoms with E-state index in [1.165, 1.54) is 0 Å². The summed E-state index contributed by atoms with van der Waals surface area (Å²) in [5.74, 6) is 2.38.